The van der Waals surface area contributed by atoms with Crippen molar-refractivity contribution in [3.05, 3.63) is 206 Å². The van der Waals surface area contributed by atoms with Gasteiger partial charge < -0.3 is 9.47 Å². The van der Waals surface area contributed by atoms with Crippen LogP contribution in [0, 0.1) is 0 Å². The Hall–Kier alpha value is -6.64. The summed E-state index contributed by atoms with van der Waals surface area (Å²) in [6.07, 6.45) is 0. The fourth-order valence-electron chi connectivity index (χ4n) is 6.04. The van der Waals surface area contributed by atoms with E-state index in [1.54, 1.807) is 18.2 Å². The van der Waals surface area contributed by atoms with Crippen LogP contribution in [0.5, 0.6) is 0 Å². The Kier molecular flexibility index (Phi) is 4.13. The molecule has 236 valence electrons. The van der Waals surface area contributed by atoms with Crippen molar-refractivity contribution in [2.24, 2.45) is 0 Å². The van der Waals surface area contributed by atoms with Gasteiger partial charge in [0.2, 0.25) is 0 Å². The standard InChI is InChI=1S/C48H34N2/c1-4-13-35(14-5-1)37-23-28-42(29-24-37)49(43-30-25-38(26-31-43)36-15-6-2-7-16-36)44-20-12-17-39(33-44)40-27-32-48-46(34-40)45-21-10-11-22-47(45)50(48)41-18-8-3-9-19-41/h1-34H/i1D,2D,4D,5D,6D,7D,13D,14D,15D,16D,23D,24D,25D,26D,28D,29D,30D,31D. The van der Waals surface area contributed by atoms with Gasteiger partial charge in [0.1, 0.15) is 0 Å². The van der Waals surface area contributed by atoms with Crippen LogP contribution in [0.3, 0.4) is 0 Å². The number of nitrogens with zero attached hydrogens (tertiary/aromatic N) is 2. The van der Waals surface area contributed by atoms with Crippen molar-refractivity contribution in [1.82, 2.24) is 4.57 Å². The summed E-state index contributed by atoms with van der Waals surface area (Å²) in [6.45, 7) is 0. The van der Waals surface area contributed by atoms with Crippen LogP contribution in [-0.2, 0) is 0 Å². The van der Waals surface area contributed by atoms with Gasteiger partial charge in [-0.3, -0.25) is 0 Å². The van der Waals surface area contributed by atoms with E-state index in [-0.39, 0.29) is 5.69 Å². The van der Waals surface area contributed by atoms with Crippen molar-refractivity contribution in [3.63, 3.8) is 0 Å². The first-order chi connectivity index (χ1) is 32.3. The molecule has 0 saturated heterocycles. The van der Waals surface area contributed by atoms with Crippen LogP contribution in [0.1, 0.15) is 24.7 Å². The molecular formula is C48H34N2. The van der Waals surface area contributed by atoms with E-state index in [1.807, 2.05) is 72.8 Å². The maximum absolute atomic E-state index is 9.44. The predicted molar refractivity (Wildman–Crippen MR) is 212 cm³/mol. The third-order valence-corrected chi connectivity index (χ3v) is 8.30. The summed E-state index contributed by atoms with van der Waals surface area (Å²) in [4.78, 5) is 1.02. The van der Waals surface area contributed by atoms with Crippen LogP contribution in [0.25, 0.3) is 60.9 Å². The first kappa shape index (κ1) is 16.2. The monoisotopic (exact) mass is 656 g/mol. The van der Waals surface area contributed by atoms with Crippen LogP contribution < -0.4 is 4.90 Å². The zero-order valence-electron chi connectivity index (χ0n) is 44.1. The van der Waals surface area contributed by atoms with Crippen molar-refractivity contribution in [3.8, 4) is 39.1 Å². The van der Waals surface area contributed by atoms with Gasteiger partial charge in [-0.1, -0.05) is 139 Å². The van der Waals surface area contributed by atoms with Crippen LogP contribution in [-0.4, -0.2) is 4.57 Å². The first-order valence-electron chi connectivity index (χ1n) is 24.6. The Morgan fingerprint density at radius 3 is 1.54 bits per heavy atom. The van der Waals surface area contributed by atoms with Crippen LogP contribution in [0.4, 0.5) is 17.1 Å². The SMILES string of the molecule is [2H]c1c([2H])c([2H])c(-c2c([2H])c([2H])c(N(c3cccc(-c4ccc5c(c4)c4ccccc4n5-c4ccccc4)c3)c3c([2H])c([2H])c(-c4c([2H])c([2H])c([2H])c([2H])c4[2H])c([2H])c3[2H])c([2H])c2[2H])c([2H])c1[2H]. The van der Waals surface area contributed by atoms with Gasteiger partial charge in [0.05, 0.1) is 35.7 Å². The molecule has 0 N–H and O–H groups in total. The van der Waals surface area contributed by atoms with Crippen LogP contribution in [0.15, 0.2) is 206 Å². The molecule has 2 heteroatoms. The van der Waals surface area contributed by atoms with Gasteiger partial charge in [0, 0.05) is 33.5 Å². The second-order valence-electron chi connectivity index (χ2n) is 11.3. The minimum atomic E-state index is -0.841. The second-order valence-corrected chi connectivity index (χ2v) is 11.3. The highest BCUT2D eigenvalue weighted by Crippen LogP contribution is 2.40. The van der Waals surface area contributed by atoms with Gasteiger partial charge in [-0.25, -0.2) is 0 Å². The molecule has 0 atom stereocenters. The fraction of sp³-hybridized carbons (Fsp3) is 0. The molecule has 9 rings (SSSR count). The lowest BCUT2D eigenvalue weighted by Gasteiger charge is -2.26. The summed E-state index contributed by atoms with van der Waals surface area (Å²) in [5.74, 6) is 0. The van der Waals surface area contributed by atoms with E-state index >= 15 is 0 Å². The number of anilines is 3. The lowest BCUT2D eigenvalue weighted by molar-refractivity contribution is 1.18. The molecule has 0 bridgehead atoms. The van der Waals surface area contributed by atoms with Gasteiger partial charge in [-0.15, -0.1) is 0 Å². The van der Waals surface area contributed by atoms with Gasteiger partial charge in [-0.05, 0) is 100 Å². The molecule has 8 aromatic carbocycles. The Bertz CT molecular complexity index is 3370. The van der Waals surface area contributed by atoms with Gasteiger partial charge >= 0.3 is 0 Å². The smallest absolute Gasteiger partial charge is 0.0645 e. The van der Waals surface area contributed by atoms with E-state index in [9.17, 15) is 11.0 Å². The quantitative estimate of drug-likeness (QED) is 0.166. The van der Waals surface area contributed by atoms with Crippen molar-refractivity contribution < 1.29 is 24.7 Å². The number of aromatic nitrogens is 1. The van der Waals surface area contributed by atoms with Gasteiger partial charge in [-0.2, -0.15) is 0 Å². The molecule has 0 aliphatic carbocycles. The molecule has 2 nitrogen and oxygen atoms in total. The molecule has 1 aromatic heterocycles. The zero-order chi connectivity index (χ0) is 48.9. The molecule has 0 aliphatic rings. The molecule has 0 unspecified atom stereocenters. The highest BCUT2D eigenvalue weighted by Gasteiger charge is 2.16. The van der Waals surface area contributed by atoms with Crippen LogP contribution in [0.2, 0.25) is 0 Å². The summed E-state index contributed by atoms with van der Waals surface area (Å²) in [5.41, 5.74) is 0.459. The van der Waals surface area contributed by atoms with Crippen molar-refractivity contribution in [2.75, 3.05) is 4.90 Å². The molecule has 9 aromatic rings. The van der Waals surface area contributed by atoms with E-state index in [2.05, 4.69) is 4.57 Å². The molecule has 50 heavy (non-hydrogen) atoms. The molecule has 0 radical (unpaired) electrons. The molecule has 0 saturated carbocycles. The zero-order valence-corrected chi connectivity index (χ0v) is 26.1. The molecule has 0 amide bonds. The summed E-state index contributed by atoms with van der Waals surface area (Å²) >= 11 is 0. The number of benzene rings is 8. The van der Waals surface area contributed by atoms with E-state index in [0.717, 1.165) is 32.4 Å². The maximum Gasteiger partial charge on any atom is 0.0645 e. The van der Waals surface area contributed by atoms with E-state index in [1.165, 1.54) is 6.07 Å². The average molecular weight is 657 g/mol. The maximum atomic E-state index is 9.44. The number of para-hydroxylation sites is 2. The van der Waals surface area contributed by atoms with Gasteiger partial charge in [0.25, 0.3) is 0 Å². The fourth-order valence-corrected chi connectivity index (χ4v) is 6.04. The summed E-state index contributed by atoms with van der Waals surface area (Å²) in [7, 11) is 0. The highest BCUT2D eigenvalue weighted by molar-refractivity contribution is 6.10. The number of fused-ring (bicyclic) bond motifs is 3. The average Bonchev–Trinajstić information content (AvgIpc) is 3.68. The number of hydrogen-bond acceptors (Lipinski definition) is 1. The highest BCUT2D eigenvalue weighted by atomic mass is 15.1. The van der Waals surface area contributed by atoms with E-state index in [0.29, 0.717) is 11.1 Å². The van der Waals surface area contributed by atoms with E-state index < -0.39 is 142 Å². The van der Waals surface area contributed by atoms with Crippen LogP contribution >= 0.6 is 0 Å². The van der Waals surface area contributed by atoms with Crippen molar-refractivity contribution in [1.29, 1.82) is 0 Å². The predicted octanol–water partition coefficient (Wildman–Crippen LogP) is 13.3. The molecule has 1 heterocycles. The molecule has 0 aliphatic heterocycles. The third-order valence-electron chi connectivity index (χ3n) is 8.30. The minimum Gasteiger partial charge on any atom is -0.310 e. The lowest BCUT2D eigenvalue weighted by atomic mass is 10.0. The number of hydrogen-bond donors (Lipinski definition) is 0. The number of rotatable bonds is 7. The lowest BCUT2D eigenvalue weighted by Crippen LogP contribution is -2.10. The third kappa shape index (κ3) is 5.43. The normalized spacial score (nSPS) is 16.2. The molecule has 0 fully saturated rings. The van der Waals surface area contributed by atoms with Crippen molar-refractivity contribution >= 4 is 38.9 Å². The molecular weight excluding hydrogens is 605 g/mol. The van der Waals surface area contributed by atoms with Gasteiger partial charge in [0.15, 0.2) is 0 Å². The minimum absolute atomic E-state index is 0.0297. The Morgan fingerprint density at radius 1 is 0.360 bits per heavy atom. The first-order valence-corrected chi connectivity index (χ1v) is 15.6. The molecule has 0 spiro atoms. The Morgan fingerprint density at radius 2 is 0.900 bits per heavy atom. The Balaban J connectivity index is 1.33. The van der Waals surface area contributed by atoms with Crippen molar-refractivity contribution in [2.45, 2.75) is 0 Å². The van der Waals surface area contributed by atoms with E-state index in [4.69, 9.17) is 13.7 Å². The topological polar surface area (TPSA) is 8.17 Å². The summed E-state index contributed by atoms with van der Waals surface area (Å²) in [6, 6.07) is 15.7. The largest absolute Gasteiger partial charge is 0.310 e. The summed E-state index contributed by atoms with van der Waals surface area (Å²) < 4.78 is 160. The Labute approximate surface area is 318 Å². The summed E-state index contributed by atoms with van der Waals surface area (Å²) in [5, 5.41) is 1.85. The second kappa shape index (κ2) is 12.8.